The molecule has 1 unspecified atom stereocenters. The number of hydrogen-bond acceptors (Lipinski definition) is 3. The molecule has 0 radical (unpaired) electrons. The molecule has 2 N–H and O–H groups in total. The van der Waals surface area contributed by atoms with Crippen molar-refractivity contribution >= 4 is 34.0 Å². The Morgan fingerprint density at radius 1 is 0.889 bits per heavy atom. The molecule has 3 aromatic rings. The minimum Gasteiger partial charge on any atom is -0.497 e. The van der Waals surface area contributed by atoms with E-state index in [1.54, 1.807) is 31.4 Å². The lowest BCUT2D eigenvalue weighted by Gasteiger charge is -2.14. The number of methoxy groups -OCH3 is 1. The number of carbonyl (C=O) groups excluding carboxylic acids is 2. The van der Waals surface area contributed by atoms with Crippen molar-refractivity contribution in [3.8, 4) is 5.75 Å². The fourth-order valence-electron chi connectivity index (χ4n) is 2.92. The second-order valence-corrected chi connectivity index (χ2v) is 6.45. The van der Waals surface area contributed by atoms with Crippen LogP contribution in [0.2, 0.25) is 0 Å². The molecule has 0 aliphatic rings. The second-order valence-electron chi connectivity index (χ2n) is 6.45. The van der Waals surface area contributed by atoms with Crippen molar-refractivity contribution in [2.75, 3.05) is 17.7 Å². The van der Waals surface area contributed by atoms with Crippen LogP contribution >= 0.6 is 0 Å². The fraction of sp³-hybridized carbons (Fsp3) is 0.182. The van der Waals surface area contributed by atoms with Gasteiger partial charge in [-0.25, -0.2) is 0 Å². The molecule has 5 heteroatoms. The van der Waals surface area contributed by atoms with Gasteiger partial charge in [0.15, 0.2) is 0 Å². The van der Waals surface area contributed by atoms with E-state index in [1.165, 1.54) is 6.92 Å². The summed E-state index contributed by atoms with van der Waals surface area (Å²) in [6, 6.07) is 18.9. The highest BCUT2D eigenvalue weighted by atomic mass is 16.5. The highest BCUT2D eigenvalue weighted by Gasteiger charge is 2.16. The molecule has 5 nitrogen and oxygen atoms in total. The predicted molar refractivity (Wildman–Crippen MR) is 108 cm³/mol. The van der Waals surface area contributed by atoms with Gasteiger partial charge in [-0.05, 0) is 53.6 Å². The number of hydrogen-bond donors (Lipinski definition) is 2. The number of amides is 2. The topological polar surface area (TPSA) is 67.4 Å². The van der Waals surface area contributed by atoms with Gasteiger partial charge in [0.1, 0.15) is 5.75 Å². The molecular formula is C22H22N2O3. The first-order chi connectivity index (χ1) is 13.0. The number of benzene rings is 3. The molecule has 0 saturated carbocycles. The van der Waals surface area contributed by atoms with Gasteiger partial charge >= 0.3 is 0 Å². The van der Waals surface area contributed by atoms with Crippen molar-refractivity contribution in [1.82, 2.24) is 0 Å². The summed E-state index contributed by atoms with van der Waals surface area (Å²) in [5.74, 6) is 0.225. The van der Waals surface area contributed by atoms with E-state index in [0.29, 0.717) is 11.4 Å². The first-order valence-corrected chi connectivity index (χ1v) is 8.72. The molecule has 3 rings (SSSR count). The average molecular weight is 362 g/mol. The highest BCUT2D eigenvalue weighted by Crippen LogP contribution is 2.26. The minimum atomic E-state index is -0.319. The summed E-state index contributed by atoms with van der Waals surface area (Å²) < 4.78 is 5.25. The molecule has 0 heterocycles. The molecule has 3 aromatic carbocycles. The Morgan fingerprint density at radius 2 is 1.56 bits per heavy atom. The van der Waals surface area contributed by atoms with E-state index in [-0.39, 0.29) is 17.7 Å². The molecule has 138 valence electrons. The van der Waals surface area contributed by atoms with Crippen LogP contribution in [0.15, 0.2) is 60.7 Å². The van der Waals surface area contributed by atoms with Crippen molar-refractivity contribution < 1.29 is 14.3 Å². The van der Waals surface area contributed by atoms with Gasteiger partial charge in [-0.15, -0.1) is 0 Å². The van der Waals surface area contributed by atoms with Gasteiger partial charge in [0.2, 0.25) is 11.8 Å². The van der Waals surface area contributed by atoms with E-state index < -0.39 is 0 Å². The maximum atomic E-state index is 12.7. The van der Waals surface area contributed by atoms with Crippen LogP contribution in [-0.2, 0) is 9.59 Å². The van der Waals surface area contributed by atoms with Crippen molar-refractivity contribution in [2.24, 2.45) is 0 Å². The Balaban J connectivity index is 1.77. The Morgan fingerprint density at radius 3 is 2.26 bits per heavy atom. The maximum Gasteiger partial charge on any atom is 0.231 e. The summed E-state index contributed by atoms with van der Waals surface area (Å²) >= 11 is 0. The Labute approximate surface area is 158 Å². The van der Waals surface area contributed by atoms with Gasteiger partial charge in [0.05, 0.1) is 13.0 Å². The van der Waals surface area contributed by atoms with Gasteiger partial charge in [-0.3, -0.25) is 9.59 Å². The van der Waals surface area contributed by atoms with E-state index in [2.05, 4.69) is 10.6 Å². The molecule has 0 aliphatic carbocycles. The van der Waals surface area contributed by atoms with Crippen LogP contribution in [0.25, 0.3) is 10.8 Å². The van der Waals surface area contributed by atoms with Crippen molar-refractivity contribution in [3.63, 3.8) is 0 Å². The summed E-state index contributed by atoms with van der Waals surface area (Å²) in [6.45, 7) is 3.32. The predicted octanol–water partition coefficient (Wildman–Crippen LogP) is 4.55. The van der Waals surface area contributed by atoms with Gasteiger partial charge in [-0.2, -0.15) is 0 Å². The van der Waals surface area contributed by atoms with Gasteiger partial charge in [0, 0.05) is 18.3 Å². The summed E-state index contributed by atoms with van der Waals surface area (Å²) in [4.78, 5) is 23.8. The second kappa shape index (κ2) is 7.91. The number of ether oxygens (including phenoxy) is 1. The molecule has 0 aliphatic heterocycles. The van der Waals surface area contributed by atoms with Crippen molar-refractivity contribution in [3.05, 3.63) is 66.2 Å². The van der Waals surface area contributed by atoms with E-state index in [0.717, 1.165) is 22.1 Å². The molecule has 2 amide bonds. The van der Waals surface area contributed by atoms with Gasteiger partial charge in [0.25, 0.3) is 0 Å². The zero-order chi connectivity index (χ0) is 19.4. The number of anilines is 2. The molecule has 0 aromatic heterocycles. The van der Waals surface area contributed by atoms with Crippen LogP contribution in [0, 0.1) is 0 Å². The standard InChI is InChI=1S/C22H22N2O3/c1-14(16-7-8-18-12-21(27-3)10-9-17(18)11-16)22(26)24-20-6-4-5-19(13-20)23-15(2)25/h4-14H,1-3H3,(H,23,25)(H,24,26). The summed E-state index contributed by atoms with van der Waals surface area (Å²) in [5, 5.41) is 7.74. The molecule has 0 bridgehead atoms. The smallest absolute Gasteiger partial charge is 0.231 e. The minimum absolute atomic E-state index is 0.108. The number of carbonyl (C=O) groups is 2. The van der Waals surface area contributed by atoms with Crippen molar-refractivity contribution in [2.45, 2.75) is 19.8 Å². The zero-order valence-electron chi connectivity index (χ0n) is 15.6. The first-order valence-electron chi connectivity index (χ1n) is 8.72. The lowest BCUT2D eigenvalue weighted by molar-refractivity contribution is -0.117. The molecule has 0 fully saturated rings. The fourth-order valence-corrected chi connectivity index (χ4v) is 2.92. The highest BCUT2D eigenvalue weighted by molar-refractivity contribution is 5.97. The van der Waals surface area contributed by atoms with Crippen LogP contribution in [0.1, 0.15) is 25.3 Å². The Bertz CT molecular complexity index is 998. The molecule has 1 atom stereocenters. The number of fused-ring (bicyclic) bond motifs is 1. The molecule has 27 heavy (non-hydrogen) atoms. The Kier molecular flexibility index (Phi) is 5.41. The summed E-state index contributed by atoms with van der Waals surface area (Å²) in [5.41, 5.74) is 2.22. The number of nitrogens with one attached hydrogen (secondary N) is 2. The van der Waals surface area contributed by atoms with Gasteiger partial charge in [-0.1, -0.05) is 30.3 Å². The van der Waals surface area contributed by atoms with E-state index in [9.17, 15) is 9.59 Å². The van der Waals surface area contributed by atoms with Crippen molar-refractivity contribution in [1.29, 1.82) is 0 Å². The van der Waals surface area contributed by atoms with E-state index >= 15 is 0 Å². The lowest BCUT2D eigenvalue weighted by atomic mass is 9.97. The van der Waals surface area contributed by atoms with E-state index in [1.807, 2.05) is 43.3 Å². The summed E-state index contributed by atoms with van der Waals surface area (Å²) in [6.07, 6.45) is 0. The Hall–Kier alpha value is -3.34. The average Bonchev–Trinajstić information content (AvgIpc) is 2.66. The summed E-state index contributed by atoms with van der Waals surface area (Å²) in [7, 11) is 1.64. The van der Waals surface area contributed by atoms with Crippen LogP contribution in [0.4, 0.5) is 11.4 Å². The normalized spacial score (nSPS) is 11.7. The third kappa shape index (κ3) is 4.44. The van der Waals surface area contributed by atoms with Gasteiger partial charge < -0.3 is 15.4 Å². The third-order valence-corrected chi connectivity index (χ3v) is 4.42. The maximum absolute atomic E-state index is 12.7. The first kappa shape index (κ1) is 18.5. The van der Waals surface area contributed by atoms with Crippen LogP contribution in [-0.4, -0.2) is 18.9 Å². The SMILES string of the molecule is COc1ccc2cc(C(C)C(=O)Nc3cccc(NC(C)=O)c3)ccc2c1. The van der Waals surface area contributed by atoms with Crippen LogP contribution in [0.3, 0.4) is 0 Å². The quantitative estimate of drug-likeness (QED) is 0.700. The lowest BCUT2D eigenvalue weighted by Crippen LogP contribution is -2.19. The zero-order valence-corrected chi connectivity index (χ0v) is 15.6. The molecule has 0 saturated heterocycles. The van der Waals surface area contributed by atoms with Crippen LogP contribution < -0.4 is 15.4 Å². The largest absolute Gasteiger partial charge is 0.497 e. The third-order valence-electron chi connectivity index (χ3n) is 4.42. The number of rotatable bonds is 5. The molecule has 0 spiro atoms. The van der Waals surface area contributed by atoms with Crippen LogP contribution in [0.5, 0.6) is 5.75 Å². The van der Waals surface area contributed by atoms with E-state index in [4.69, 9.17) is 4.74 Å². The molecular weight excluding hydrogens is 340 g/mol. The monoisotopic (exact) mass is 362 g/mol.